The van der Waals surface area contributed by atoms with Gasteiger partial charge < -0.3 is 10.6 Å². The molecule has 1 saturated heterocycles. The van der Waals surface area contributed by atoms with Crippen LogP contribution in [0.25, 0.3) is 0 Å². The van der Waals surface area contributed by atoms with E-state index in [1.165, 1.54) is 18.2 Å². The van der Waals surface area contributed by atoms with Gasteiger partial charge in [0.25, 0.3) is 11.6 Å². The molecule has 0 aliphatic carbocycles. The van der Waals surface area contributed by atoms with Crippen molar-refractivity contribution in [2.45, 2.75) is 26.7 Å². The van der Waals surface area contributed by atoms with Gasteiger partial charge in [0, 0.05) is 30.9 Å². The first-order valence-corrected chi connectivity index (χ1v) is 6.63. The molecule has 0 bridgehead atoms. The summed E-state index contributed by atoms with van der Waals surface area (Å²) in [6.07, 6.45) is 1.85. The van der Waals surface area contributed by atoms with Crippen LogP contribution in [0.5, 0.6) is 0 Å². The van der Waals surface area contributed by atoms with Crippen LogP contribution in [0.3, 0.4) is 0 Å². The zero-order valence-corrected chi connectivity index (χ0v) is 11.8. The van der Waals surface area contributed by atoms with Crippen LogP contribution >= 0.6 is 0 Å². The molecular formula is C14H19N3O3. The Morgan fingerprint density at radius 3 is 2.50 bits per heavy atom. The third kappa shape index (κ3) is 2.89. The van der Waals surface area contributed by atoms with Crippen molar-refractivity contribution < 1.29 is 9.72 Å². The van der Waals surface area contributed by atoms with E-state index < -0.39 is 4.92 Å². The van der Waals surface area contributed by atoms with E-state index in [0.717, 1.165) is 12.8 Å². The van der Waals surface area contributed by atoms with E-state index in [4.69, 9.17) is 5.73 Å². The number of piperidine rings is 1. The summed E-state index contributed by atoms with van der Waals surface area (Å²) in [5.74, 6) is -0.221. The van der Waals surface area contributed by atoms with Crippen molar-refractivity contribution in [3.8, 4) is 0 Å². The fourth-order valence-electron chi connectivity index (χ4n) is 2.33. The second-order valence-electron chi connectivity index (χ2n) is 5.99. The maximum Gasteiger partial charge on any atom is 0.270 e. The molecular weight excluding hydrogens is 258 g/mol. The molecule has 0 spiro atoms. The number of hydrogen-bond acceptors (Lipinski definition) is 4. The van der Waals surface area contributed by atoms with Crippen LogP contribution in [-0.4, -0.2) is 28.8 Å². The van der Waals surface area contributed by atoms with Crippen LogP contribution in [0.4, 0.5) is 11.4 Å². The highest BCUT2D eigenvalue weighted by Gasteiger charge is 2.29. The number of benzene rings is 1. The summed E-state index contributed by atoms with van der Waals surface area (Å²) in [7, 11) is 0. The Morgan fingerprint density at radius 2 is 1.95 bits per heavy atom. The minimum Gasteiger partial charge on any atom is -0.398 e. The van der Waals surface area contributed by atoms with Gasteiger partial charge in [-0.2, -0.15) is 0 Å². The summed E-state index contributed by atoms with van der Waals surface area (Å²) >= 11 is 0. The maximum atomic E-state index is 12.4. The lowest BCUT2D eigenvalue weighted by atomic mass is 9.82. The van der Waals surface area contributed by atoms with Crippen molar-refractivity contribution in [2.24, 2.45) is 5.41 Å². The normalized spacial score (nSPS) is 17.8. The molecule has 0 radical (unpaired) electrons. The molecule has 1 amide bonds. The van der Waals surface area contributed by atoms with Gasteiger partial charge in [-0.1, -0.05) is 13.8 Å². The minimum absolute atomic E-state index is 0.111. The number of nitrogens with two attached hydrogens (primary N) is 1. The molecule has 1 aliphatic heterocycles. The lowest BCUT2D eigenvalue weighted by molar-refractivity contribution is -0.384. The molecule has 2 rings (SSSR count). The van der Waals surface area contributed by atoms with Crippen molar-refractivity contribution in [1.29, 1.82) is 0 Å². The van der Waals surface area contributed by atoms with E-state index in [1.54, 1.807) is 4.90 Å². The number of nitrogen functional groups attached to an aromatic ring is 1. The largest absolute Gasteiger partial charge is 0.398 e. The zero-order valence-electron chi connectivity index (χ0n) is 11.8. The van der Waals surface area contributed by atoms with Gasteiger partial charge in [0.15, 0.2) is 0 Å². The maximum absolute atomic E-state index is 12.4. The van der Waals surface area contributed by atoms with E-state index >= 15 is 0 Å². The van der Waals surface area contributed by atoms with Crippen LogP contribution in [0.15, 0.2) is 18.2 Å². The topological polar surface area (TPSA) is 89.5 Å². The standard InChI is InChI=1S/C14H19N3O3/c1-14(2)5-7-16(8-6-14)13(18)11-9-10(17(19)20)3-4-12(11)15/h3-4,9H,5-8,15H2,1-2H3. The molecule has 6 heteroatoms. The number of nitrogens with zero attached hydrogens (tertiary/aromatic N) is 2. The van der Waals surface area contributed by atoms with Gasteiger partial charge in [-0.05, 0) is 24.3 Å². The predicted octanol–water partition coefficient (Wildman–Crippen LogP) is 2.44. The number of amides is 1. The number of nitro groups is 1. The van der Waals surface area contributed by atoms with Crippen LogP contribution in [0.2, 0.25) is 0 Å². The van der Waals surface area contributed by atoms with E-state index in [9.17, 15) is 14.9 Å². The summed E-state index contributed by atoms with van der Waals surface area (Å²) in [5.41, 5.74) is 6.41. The van der Waals surface area contributed by atoms with Gasteiger partial charge in [-0.25, -0.2) is 0 Å². The molecule has 1 fully saturated rings. The molecule has 2 N–H and O–H groups in total. The third-order valence-electron chi connectivity index (χ3n) is 3.88. The highest BCUT2D eigenvalue weighted by atomic mass is 16.6. The third-order valence-corrected chi connectivity index (χ3v) is 3.88. The molecule has 0 atom stereocenters. The zero-order chi connectivity index (χ0) is 14.9. The van der Waals surface area contributed by atoms with Crippen LogP contribution in [0.1, 0.15) is 37.0 Å². The molecule has 1 aliphatic rings. The summed E-state index contributed by atoms with van der Waals surface area (Å²) in [6, 6.07) is 3.99. The quantitative estimate of drug-likeness (QED) is 0.510. The number of anilines is 1. The van der Waals surface area contributed by atoms with Crippen molar-refractivity contribution >= 4 is 17.3 Å². The summed E-state index contributed by atoms with van der Waals surface area (Å²) in [5, 5.41) is 10.8. The fourth-order valence-corrected chi connectivity index (χ4v) is 2.33. The average Bonchev–Trinajstić information content (AvgIpc) is 2.38. The van der Waals surface area contributed by atoms with E-state index in [-0.39, 0.29) is 28.3 Å². The Hall–Kier alpha value is -2.11. The summed E-state index contributed by atoms with van der Waals surface area (Å²) < 4.78 is 0. The second kappa shape index (κ2) is 5.11. The van der Waals surface area contributed by atoms with Gasteiger partial charge in [0.05, 0.1) is 10.5 Å². The number of non-ortho nitro benzene ring substituents is 1. The van der Waals surface area contributed by atoms with Gasteiger partial charge in [-0.15, -0.1) is 0 Å². The lowest BCUT2D eigenvalue weighted by Crippen LogP contribution is -2.41. The molecule has 0 unspecified atom stereocenters. The van der Waals surface area contributed by atoms with Gasteiger partial charge in [0.1, 0.15) is 0 Å². The van der Waals surface area contributed by atoms with Gasteiger partial charge >= 0.3 is 0 Å². The van der Waals surface area contributed by atoms with Crippen molar-refractivity contribution in [3.05, 3.63) is 33.9 Å². The fraction of sp³-hybridized carbons (Fsp3) is 0.500. The number of carbonyl (C=O) groups excluding carboxylic acids is 1. The van der Waals surface area contributed by atoms with Crippen molar-refractivity contribution in [3.63, 3.8) is 0 Å². The molecule has 108 valence electrons. The van der Waals surface area contributed by atoms with Crippen molar-refractivity contribution in [1.82, 2.24) is 4.90 Å². The first kappa shape index (κ1) is 14.3. The second-order valence-corrected chi connectivity index (χ2v) is 5.99. The number of rotatable bonds is 2. The monoisotopic (exact) mass is 277 g/mol. The number of likely N-dealkylation sites (tertiary alicyclic amines) is 1. The molecule has 0 aromatic heterocycles. The van der Waals surface area contributed by atoms with Crippen LogP contribution in [-0.2, 0) is 0 Å². The predicted molar refractivity (Wildman–Crippen MR) is 76.4 cm³/mol. The SMILES string of the molecule is CC1(C)CCN(C(=O)c2cc([N+](=O)[O-])ccc2N)CC1. The summed E-state index contributed by atoms with van der Waals surface area (Å²) in [4.78, 5) is 24.4. The summed E-state index contributed by atoms with van der Waals surface area (Å²) in [6.45, 7) is 5.68. The van der Waals surface area contributed by atoms with Crippen LogP contribution < -0.4 is 5.73 Å². The number of carbonyl (C=O) groups is 1. The lowest BCUT2D eigenvalue weighted by Gasteiger charge is -2.37. The first-order chi connectivity index (χ1) is 9.30. The molecule has 6 nitrogen and oxygen atoms in total. The Kier molecular flexibility index (Phi) is 3.65. The highest BCUT2D eigenvalue weighted by molar-refractivity contribution is 5.99. The smallest absolute Gasteiger partial charge is 0.270 e. The average molecular weight is 277 g/mol. The molecule has 1 aromatic carbocycles. The number of hydrogen-bond donors (Lipinski definition) is 1. The van der Waals surface area contributed by atoms with E-state index in [2.05, 4.69) is 13.8 Å². The molecule has 20 heavy (non-hydrogen) atoms. The molecule has 1 heterocycles. The van der Waals surface area contributed by atoms with E-state index in [1.807, 2.05) is 0 Å². The van der Waals surface area contributed by atoms with Crippen molar-refractivity contribution in [2.75, 3.05) is 18.8 Å². The van der Waals surface area contributed by atoms with Gasteiger partial charge in [-0.3, -0.25) is 14.9 Å². The van der Waals surface area contributed by atoms with E-state index in [0.29, 0.717) is 13.1 Å². The molecule has 0 saturated carbocycles. The molecule has 1 aromatic rings. The number of nitro benzene ring substituents is 1. The Morgan fingerprint density at radius 1 is 1.35 bits per heavy atom. The first-order valence-electron chi connectivity index (χ1n) is 6.63. The highest BCUT2D eigenvalue weighted by Crippen LogP contribution is 2.31. The Bertz CT molecular complexity index is 545. The minimum atomic E-state index is -0.518. The van der Waals surface area contributed by atoms with Crippen LogP contribution in [0, 0.1) is 15.5 Å². The van der Waals surface area contributed by atoms with Gasteiger partial charge in [0.2, 0.25) is 0 Å². The Labute approximate surface area is 117 Å². The Balaban J connectivity index is 2.21.